The highest BCUT2D eigenvalue weighted by molar-refractivity contribution is 5.89. The van der Waals surface area contributed by atoms with Crippen LogP contribution in [0.3, 0.4) is 0 Å². The lowest BCUT2D eigenvalue weighted by atomic mass is 10.0. The molecule has 5 rings (SSSR count). The van der Waals surface area contributed by atoms with Crippen LogP contribution >= 0.6 is 0 Å². The first-order chi connectivity index (χ1) is 19.2. The van der Waals surface area contributed by atoms with Gasteiger partial charge in [-0.05, 0) is 47.0 Å². The molecule has 0 aliphatic rings. The molecule has 40 heavy (non-hydrogen) atoms. The Balaban J connectivity index is 1.39. The van der Waals surface area contributed by atoms with Gasteiger partial charge in [-0.1, -0.05) is 48.5 Å². The predicted octanol–water partition coefficient (Wildman–Crippen LogP) is 6.16. The summed E-state index contributed by atoms with van der Waals surface area (Å²) in [6, 6.07) is 25.5. The highest BCUT2D eigenvalue weighted by Crippen LogP contribution is 2.34. The fourth-order valence-electron chi connectivity index (χ4n) is 4.03. The van der Waals surface area contributed by atoms with Crippen LogP contribution in [0.15, 0.2) is 91.3 Å². The van der Waals surface area contributed by atoms with Crippen LogP contribution < -0.4 is 4.74 Å². The van der Waals surface area contributed by atoms with E-state index in [9.17, 15) is 23.1 Å². The fraction of sp³-hybridized carbons (Fsp3) is 0.0690. The van der Waals surface area contributed by atoms with Crippen molar-refractivity contribution in [3.05, 3.63) is 114 Å². The van der Waals surface area contributed by atoms with Gasteiger partial charge in [0, 0.05) is 11.8 Å². The molecule has 0 saturated heterocycles. The third-order valence-electron chi connectivity index (χ3n) is 5.96. The summed E-state index contributed by atoms with van der Waals surface area (Å²) in [5.41, 5.74) is 1.68. The lowest BCUT2D eigenvalue weighted by Gasteiger charge is -2.13. The maximum Gasteiger partial charge on any atom is 0.434 e. The second-order valence-electron chi connectivity index (χ2n) is 8.53. The van der Waals surface area contributed by atoms with Gasteiger partial charge in [-0.2, -0.15) is 28.2 Å². The molecular formula is C29H18F3N5O3. The van der Waals surface area contributed by atoms with E-state index in [0.717, 1.165) is 16.7 Å². The fourth-order valence-corrected chi connectivity index (χ4v) is 4.03. The van der Waals surface area contributed by atoms with Crippen LogP contribution in [0.4, 0.5) is 13.2 Å². The van der Waals surface area contributed by atoms with Crippen molar-refractivity contribution < 1.29 is 27.8 Å². The monoisotopic (exact) mass is 541 g/mol. The number of hydrogen-bond donors (Lipinski definition) is 1. The number of benzene rings is 3. The molecule has 0 atom stereocenters. The molecule has 0 bridgehead atoms. The number of ether oxygens (including phenoxy) is 1. The second-order valence-corrected chi connectivity index (χ2v) is 8.53. The lowest BCUT2D eigenvalue weighted by molar-refractivity contribution is -0.143. The summed E-state index contributed by atoms with van der Waals surface area (Å²) in [6.07, 6.45) is -3.12. The maximum absolute atomic E-state index is 13.7. The van der Waals surface area contributed by atoms with E-state index >= 15 is 0 Å². The normalized spacial score (nSPS) is 11.2. The second kappa shape index (κ2) is 10.7. The SMILES string of the molecule is N#Cc1ccc(-c2ccc(COc3ccccc3-c3ccnc(-n4ncc(C(=O)O)c4C(F)(F)F)n3)cc2)cc1. The van der Waals surface area contributed by atoms with E-state index in [2.05, 4.69) is 21.1 Å². The number of rotatable bonds is 7. The van der Waals surface area contributed by atoms with E-state index < -0.39 is 29.4 Å². The van der Waals surface area contributed by atoms with Crippen molar-refractivity contribution in [1.29, 1.82) is 5.26 Å². The number of nitrogens with zero attached hydrogens (tertiary/aromatic N) is 5. The van der Waals surface area contributed by atoms with Crippen LogP contribution in [0.25, 0.3) is 28.3 Å². The molecule has 0 saturated carbocycles. The van der Waals surface area contributed by atoms with Crippen LogP contribution in [0.1, 0.15) is 27.2 Å². The highest BCUT2D eigenvalue weighted by atomic mass is 19.4. The van der Waals surface area contributed by atoms with E-state index in [4.69, 9.17) is 10.00 Å². The summed E-state index contributed by atoms with van der Waals surface area (Å²) in [5.74, 6) is -1.77. The highest BCUT2D eigenvalue weighted by Gasteiger charge is 2.41. The number of nitriles is 1. The zero-order valence-corrected chi connectivity index (χ0v) is 20.5. The number of aromatic nitrogens is 4. The minimum Gasteiger partial charge on any atom is -0.488 e. The van der Waals surface area contributed by atoms with Gasteiger partial charge in [0.2, 0.25) is 0 Å². The molecular weight excluding hydrogens is 523 g/mol. The summed E-state index contributed by atoms with van der Waals surface area (Å²) >= 11 is 0. The maximum atomic E-state index is 13.7. The molecule has 11 heteroatoms. The molecule has 1 N–H and O–H groups in total. The Morgan fingerprint density at radius 1 is 0.975 bits per heavy atom. The van der Waals surface area contributed by atoms with Gasteiger partial charge >= 0.3 is 12.1 Å². The molecule has 3 aromatic carbocycles. The zero-order valence-electron chi connectivity index (χ0n) is 20.5. The first kappa shape index (κ1) is 26.1. The Hall–Kier alpha value is -5.50. The van der Waals surface area contributed by atoms with Crippen molar-refractivity contribution in [2.24, 2.45) is 0 Å². The average molecular weight is 541 g/mol. The van der Waals surface area contributed by atoms with Gasteiger partial charge in [0.25, 0.3) is 5.95 Å². The number of carbonyl (C=O) groups is 1. The quantitative estimate of drug-likeness (QED) is 0.262. The third-order valence-corrected chi connectivity index (χ3v) is 5.96. The molecule has 2 heterocycles. The minimum atomic E-state index is -5.00. The molecule has 0 unspecified atom stereocenters. The summed E-state index contributed by atoms with van der Waals surface area (Å²) in [7, 11) is 0. The Morgan fingerprint density at radius 2 is 1.65 bits per heavy atom. The Labute approximate surface area is 225 Å². The largest absolute Gasteiger partial charge is 0.488 e. The van der Waals surface area contributed by atoms with Crippen LogP contribution in [0, 0.1) is 11.3 Å². The predicted molar refractivity (Wildman–Crippen MR) is 137 cm³/mol. The molecule has 0 aliphatic carbocycles. The molecule has 0 aliphatic heterocycles. The minimum absolute atomic E-state index is 0.210. The van der Waals surface area contributed by atoms with E-state index in [0.29, 0.717) is 27.8 Å². The summed E-state index contributed by atoms with van der Waals surface area (Å²) in [6.45, 7) is 0.210. The van der Waals surface area contributed by atoms with Gasteiger partial charge in [0.05, 0.1) is 23.5 Å². The molecule has 0 spiro atoms. The van der Waals surface area contributed by atoms with E-state index in [-0.39, 0.29) is 12.3 Å². The van der Waals surface area contributed by atoms with Crippen LogP contribution in [-0.2, 0) is 12.8 Å². The molecule has 198 valence electrons. The molecule has 8 nitrogen and oxygen atoms in total. The van der Waals surface area contributed by atoms with Gasteiger partial charge in [-0.25, -0.2) is 14.8 Å². The van der Waals surface area contributed by atoms with Gasteiger partial charge < -0.3 is 9.84 Å². The zero-order chi connectivity index (χ0) is 28.3. The van der Waals surface area contributed by atoms with Crippen molar-refractivity contribution in [3.8, 4) is 40.2 Å². The number of carboxylic acids is 1. The molecule has 0 radical (unpaired) electrons. The van der Waals surface area contributed by atoms with E-state index in [1.165, 1.54) is 12.3 Å². The van der Waals surface area contributed by atoms with Gasteiger partial charge in [-0.3, -0.25) is 0 Å². The number of carboxylic acid groups (broad SMARTS) is 1. The van der Waals surface area contributed by atoms with E-state index in [1.807, 2.05) is 36.4 Å². The molecule has 2 aromatic heterocycles. The standard InChI is InChI=1S/C29H18F3N5O3/c30-29(31,32)26-23(27(38)39)16-35-37(26)28-34-14-13-24(36-28)22-3-1-2-4-25(22)40-17-19-7-11-21(12-8-19)20-9-5-18(15-33)6-10-20/h1-14,16H,17H2,(H,38,39). The average Bonchev–Trinajstić information content (AvgIpc) is 3.44. The topological polar surface area (TPSA) is 114 Å². The number of para-hydroxylation sites is 1. The van der Waals surface area contributed by atoms with Crippen molar-refractivity contribution in [2.75, 3.05) is 0 Å². The third kappa shape index (κ3) is 5.37. The number of hydrogen-bond acceptors (Lipinski definition) is 6. The first-order valence-corrected chi connectivity index (χ1v) is 11.8. The smallest absolute Gasteiger partial charge is 0.434 e. The van der Waals surface area contributed by atoms with Gasteiger partial charge in [-0.15, -0.1) is 0 Å². The van der Waals surface area contributed by atoms with Crippen LogP contribution in [0.5, 0.6) is 5.75 Å². The summed E-state index contributed by atoms with van der Waals surface area (Å²) in [5, 5.41) is 21.7. The number of halogens is 3. The molecule has 5 aromatic rings. The van der Waals surface area contributed by atoms with Gasteiger partial charge in [0.1, 0.15) is 17.9 Å². The van der Waals surface area contributed by atoms with Crippen LogP contribution in [-0.4, -0.2) is 30.8 Å². The summed E-state index contributed by atoms with van der Waals surface area (Å²) in [4.78, 5) is 19.4. The lowest BCUT2D eigenvalue weighted by Crippen LogP contribution is -2.18. The summed E-state index contributed by atoms with van der Waals surface area (Å²) < 4.78 is 47.4. The van der Waals surface area contributed by atoms with Crippen molar-refractivity contribution in [2.45, 2.75) is 12.8 Å². The van der Waals surface area contributed by atoms with Crippen LogP contribution in [0.2, 0.25) is 0 Å². The number of aromatic carboxylic acids is 1. The number of alkyl halides is 3. The molecule has 0 fully saturated rings. The Morgan fingerprint density at radius 3 is 2.30 bits per heavy atom. The Bertz CT molecular complexity index is 1720. The molecule has 0 amide bonds. The van der Waals surface area contributed by atoms with Gasteiger partial charge in [0.15, 0.2) is 5.69 Å². The van der Waals surface area contributed by atoms with E-state index in [1.54, 1.807) is 36.4 Å². The Kier molecular flexibility index (Phi) is 6.99. The first-order valence-electron chi connectivity index (χ1n) is 11.8. The van der Waals surface area contributed by atoms with Crippen molar-refractivity contribution in [1.82, 2.24) is 19.7 Å². The van der Waals surface area contributed by atoms with Crippen molar-refractivity contribution in [3.63, 3.8) is 0 Å². The van der Waals surface area contributed by atoms with Crippen molar-refractivity contribution >= 4 is 5.97 Å².